The molecule has 0 aliphatic rings. The molecule has 1 aromatic heterocycles. The van der Waals surface area contributed by atoms with Gasteiger partial charge in [0.15, 0.2) is 8.68 Å². The maximum Gasteiger partial charge on any atom is 0.254 e. The highest BCUT2D eigenvalue weighted by molar-refractivity contribution is 7.91. The highest BCUT2D eigenvalue weighted by Gasteiger charge is 2.23. The van der Waals surface area contributed by atoms with E-state index in [-0.39, 0.29) is 15.2 Å². The molecule has 2 rings (SSSR count). The molecular weight excluding hydrogens is 334 g/mol. The van der Waals surface area contributed by atoms with Crippen molar-refractivity contribution in [1.29, 1.82) is 0 Å². The summed E-state index contributed by atoms with van der Waals surface area (Å²) in [4.78, 5) is 14.7. The van der Waals surface area contributed by atoms with Crippen molar-refractivity contribution in [2.24, 2.45) is 5.73 Å². The van der Waals surface area contributed by atoms with E-state index in [1.807, 2.05) is 0 Å². The monoisotopic (exact) mass is 345 g/mol. The summed E-state index contributed by atoms with van der Waals surface area (Å²) in [6.07, 6.45) is 1.23. The van der Waals surface area contributed by atoms with Crippen LogP contribution in [0.1, 0.15) is 15.9 Å². The predicted octanol–water partition coefficient (Wildman–Crippen LogP) is 1.72. The predicted molar refractivity (Wildman–Crippen MR) is 80.7 cm³/mol. The molecule has 21 heavy (non-hydrogen) atoms. The number of hydrogen-bond donors (Lipinski definition) is 1. The van der Waals surface area contributed by atoms with Crippen molar-refractivity contribution < 1.29 is 13.2 Å². The Hall–Kier alpha value is -1.48. The molecule has 2 aromatic rings. The first-order valence-electron chi connectivity index (χ1n) is 5.77. The Balaban J connectivity index is 2.17. The molecule has 1 heterocycles. The van der Waals surface area contributed by atoms with Gasteiger partial charge >= 0.3 is 0 Å². The van der Waals surface area contributed by atoms with Gasteiger partial charge in [-0.05, 0) is 17.7 Å². The number of benzene rings is 1. The number of hydrogen-bond acceptors (Lipinski definition) is 5. The number of nitrogens with two attached hydrogens (primary N) is 1. The van der Waals surface area contributed by atoms with Gasteiger partial charge in [0.05, 0.1) is 6.20 Å². The lowest BCUT2D eigenvalue weighted by Gasteiger charge is -2.15. The maximum atomic E-state index is 12.3. The van der Waals surface area contributed by atoms with Crippen LogP contribution in [0.4, 0.5) is 0 Å². The van der Waals surface area contributed by atoms with Crippen molar-refractivity contribution in [2.45, 2.75) is 10.8 Å². The van der Waals surface area contributed by atoms with Crippen LogP contribution in [0.2, 0.25) is 4.47 Å². The summed E-state index contributed by atoms with van der Waals surface area (Å²) in [5.41, 5.74) is 6.26. The van der Waals surface area contributed by atoms with E-state index in [0.717, 1.165) is 16.9 Å². The Morgan fingerprint density at radius 1 is 1.38 bits per heavy atom. The summed E-state index contributed by atoms with van der Waals surface area (Å²) < 4.78 is 26.0. The Morgan fingerprint density at radius 3 is 2.48 bits per heavy atom. The van der Waals surface area contributed by atoms with Crippen LogP contribution in [0.15, 0.2) is 34.7 Å². The standard InChI is InChI=1S/C12H12ClN3O3S2/c1-16(21(18,19)10-6-15-12(13)20-10)7-8-2-4-9(5-3-8)11(14)17/h2-6H,7H2,1H3,(H2,14,17). The zero-order chi connectivity index (χ0) is 15.6. The van der Waals surface area contributed by atoms with Gasteiger partial charge in [0.1, 0.15) is 0 Å². The average molecular weight is 346 g/mol. The zero-order valence-corrected chi connectivity index (χ0v) is 13.4. The molecule has 0 radical (unpaired) electrons. The third-order valence-electron chi connectivity index (χ3n) is 2.76. The van der Waals surface area contributed by atoms with E-state index < -0.39 is 15.9 Å². The van der Waals surface area contributed by atoms with Crippen LogP contribution in [-0.2, 0) is 16.6 Å². The lowest BCUT2D eigenvalue weighted by molar-refractivity contribution is 0.100. The van der Waals surface area contributed by atoms with E-state index in [0.29, 0.717) is 5.56 Å². The maximum absolute atomic E-state index is 12.3. The highest BCUT2D eigenvalue weighted by atomic mass is 35.5. The number of carbonyl (C=O) groups excluding carboxylic acids is 1. The molecule has 1 aromatic carbocycles. The fraction of sp³-hybridized carbons (Fsp3) is 0.167. The summed E-state index contributed by atoms with van der Waals surface area (Å²) in [6.45, 7) is 0.164. The molecule has 0 saturated carbocycles. The van der Waals surface area contributed by atoms with Crippen molar-refractivity contribution in [3.8, 4) is 0 Å². The van der Waals surface area contributed by atoms with E-state index in [9.17, 15) is 13.2 Å². The van der Waals surface area contributed by atoms with Crippen LogP contribution in [0, 0.1) is 0 Å². The van der Waals surface area contributed by atoms with Gasteiger partial charge in [-0.2, -0.15) is 4.31 Å². The van der Waals surface area contributed by atoms with E-state index in [1.54, 1.807) is 24.3 Å². The molecule has 112 valence electrons. The summed E-state index contributed by atoms with van der Waals surface area (Å²) in [6, 6.07) is 6.43. The highest BCUT2D eigenvalue weighted by Crippen LogP contribution is 2.25. The van der Waals surface area contributed by atoms with Crippen LogP contribution >= 0.6 is 22.9 Å². The van der Waals surface area contributed by atoms with Gasteiger partial charge in [-0.25, -0.2) is 13.4 Å². The topological polar surface area (TPSA) is 93.4 Å². The molecule has 0 unspecified atom stereocenters. The number of sulfonamides is 1. The summed E-state index contributed by atoms with van der Waals surface area (Å²) >= 11 is 6.56. The van der Waals surface area contributed by atoms with Crippen molar-refractivity contribution in [1.82, 2.24) is 9.29 Å². The Kier molecular flexibility index (Phi) is 4.62. The van der Waals surface area contributed by atoms with Gasteiger partial charge in [-0.15, -0.1) is 0 Å². The fourth-order valence-corrected chi connectivity index (χ4v) is 4.29. The Labute approximate surface area is 131 Å². The zero-order valence-electron chi connectivity index (χ0n) is 11.0. The number of rotatable bonds is 5. The number of aromatic nitrogens is 1. The smallest absolute Gasteiger partial charge is 0.254 e. The second-order valence-corrected chi connectivity index (χ2v) is 8.14. The molecule has 0 aliphatic heterocycles. The number of amides is 1. The summed E-state index contributed by atoms with van der Waals surface area (Å²) in [7, 11) is -2.17. The SMILES string of the molecule is CN(Cc1ccc(C(N)=O)cc1)S(=O)(=O)c1cnc(Cl)s1. The molecule has 0 aliphatic carbocycles. The number of primary amides is 1. The van der Waals surface area contributed by atoms with Crippen LogP contribution in [-0.4, -0.2) is 30.7 Å². The van der Waals surface area contributed by atoms with Gasteiger partial charge in [0.25, 0.3) is 10.0 Å². The van der Waals surface area contributed by atoms with Gasteiger partial charge < -0.3 is 5.73 Å². The fourth-order valence-electron chi connectivity index (χ4n) is 1.63. The lowest BCUT2D eigenvalue weighted by Crippen LogP contribution is -2.25. The van der Waals surface area contributed by atoms with E-state index in [4.69, 9.17) is 17.3 Å². The van der Waals surface area contributed by atoms with E-state index in [1.165, 1.54) is 17.5 Å². The van der Waals surface area contributed by atoms with Crippen LogP contribution in [0.25, 0.3) is 0 Å². The number of carbonyl (C=O) groups is 1. The van der Waals surface area contributed by atoms with Gasteiger partial charge in [0, 0.05) is 19.2 Å². The average Bonchev–Trinajstić information content (AvgIpc) is 2.86. The van der Waals surface area contributed by atoms with E-state index in [2.05, 4.69) is 4.98 Å². The normalized spacial score (nSPS) is 11.8. The molecule has 0 fully saturated rings. The summed E-state index contributed by atoms with van der Waals surface area (Å²) in [5.74, 6) is -0.526. The molecular formula is C12H12ClN3O3S2. The number of halogens is 1. The minimum absolute atomic E-state index is 0.0868. The first-order chi connectivity index (χ1) is 9.80. The molecule has 0 atom stereocenters. The third-order valence-corrected chi connectivity index (χ3v) is 6.12. The van der Waals surface area contributed by atoms with Crippen LogP contribution in [0.5, 0.6) is 0 Å². The van der Waals surface area contributed by atoms with Gasteiger partial charge in [0.2, 0.25) is 5.91 Å². The molecule has 0 saturated heterocycles. The molecule has 6 nitrogen and oxygen atoms in total. The van der Waals surface area contributed by atoms with Crippen molar-refractivity contribution in [3.63, 3.8) is 0 Å². The largest absolute Gasteiger partial charge is 0.366 e. The van der Waals surface area contributed by atoms with Crippen molar-refractivity contribution in [2.75, 3.05) is 7.05 Å². The number of nitrogens with zero attached hydrogens (tertiary/aromatic N) is 2. The van der Waals surface area contributed by atoms with Crippen molar-refractivity contribution >= 4 is 38.9 Å². The Morgan fingerprint density at radius 2 is 2.00 bits per heavy atom. The second kappa shape index (κ2) is 6.10. The third kappa shape index (κ3) is 3.59. The molecule has 2 N–H and O–H groups in total. The molecule has 1 amide bonds. The van der Waals surface area contributed by atoms with Crippen LogP contribution in [0.3, 0.4) is 0 Å². The molecule has 0 spiro atoms. The first kappa shape index (κ1) is 15.9. The first-order valence-corrected chi connectivity index (χ1v) is 8.40. The van der Waals surface area contributed by atoms with Crippen molar-refractivity contribution in [3.05, 3.63) is 46.1 Å². The number of thiazole rings is 1. The minimum Gasteiger partial charge on any atom is -0.366 e. The molecule has 0 bridgehead atoms. The summed E-state index contributed by atoms with van der Waals surface area (Å²) in [5, 5.41) is 0. The quantitative estimate of drug-likeness (QED) is 0.892. The van der Waals surface area contributed by atoms with E-state index >= 15 is 0 Å². The molecule has 9 heteroatoms. The second-order valence-electron chi connectivity index (χ2n) is 4.25. The van der Waals surface area contributed by atoms with Crippen LogP contribution < -0.4 is 5.73 Å². The Bertz CT molecular complexity index is 756. The lowest BCUT2D eigenvalue weighted by atomic mass is 10.1. The van der Waals surface area contributed by atoms with Gasteiger partial charge in [-0.3, -0.25) is 4.79 Å². The minimum atomic E-state index is -3.63. The van der Waals surface area contributed by atoms with Gasteiger partial charge in [-0.1, -0.05) is 35.1 Å².